The highest BCUT2D eigenvalue weighted by atomic mass is 16.8. The van der Waals surface area contributed by atoms with Gasteiger partial charge < -0.3 is 18.9 Å². The number of rotatable bonds is 7. The van der Waals surface area contributed by atoms with Crippen LogP contribution in [0.15, 0.2) is 0 Å². The average Bonchev–Trinajstić information content (AvgIpc) is 2.96. The third-order valence-electron chi connectivity index (χ3n) is 2.24. The van der Waals surface area contributed by atoms with Gasteiger partial charge in [-0.3, -0.25) is 9.59 Å². The van der Waals surface area contributed by atoms with Crippen molar-refractivity contribution in [2.24, 2.45) is 11.8 Å². The summed E-state index contributed by atoms with van der Waals surface area (Å²) in [5.74, 6) is -0.526. The third-order valence-corrected chi connectivity index (χ3v) is 2.24. The first kappa shape index (κ1) is 12.9. The quantitative estimate of drug-likeness (QED) is 0.357. The molecule has 1 rings (SSSR count). The molecule has 1 saturated carbocycles. The summed E-state index contributed by atoms with van der Waals surface area (Å²) < 4.78 is 19.0. The molecule has 1 fully saturated rings. The fraction of sp³-hybridized carbons (Fsp3) is 0.800. The summed E-state index contributed by atoms with van der Waals surface area (Å²) in [5, 5.41) is 0. The first-order chi connectivity index (χ1) is 7.65. The van der Waals surface area contributed by atoms with Crippen LogP contribution < -0.4 is 0 Å². The Morgan fingerprint density at radius 3 is 2.56 bits per heavy atom. The number of carbonyl (C=O) groups is 2. The van der Waals surface area contributed by atoms with Crippen LogP contribution in [-0.2, 0) is 28.5 Å². The van der Waals surface area contributed by atoms with E-state index >= 15 is 0 Å². The molecular weight excluding hydrogens is 216 g/mol. The maximum absolute atomic E-state index is 11.3. The molecule has 16 heavy (non-hydrogen) atoms. The van der Waals surface area contributed by atoms with Gasteiger partial charge in [0.25, 0.3) is 0 Å². The summed E-state index contributed by atoms with van der Waals surface area (Å²) in [6, 6.07) is 0. The van der Waals surface area contributed by atoms with E-state index in [9.17, 15) is 9.59 Å². The zero-order valence-electron chi connectivity index (χ0n) is 9.43. The summed E-state index contributed by atoms with van der Waals surface area (Å²) in [4.78, 5) is 21.7. The molecule has 6 heteroatoms. The Bertz CT molecular complexity index is 252. The van der Waals surface area contributed by atoms with Crippen LogP contribution in [0.5, 0.6) is 0 Å². The van der Waals surface area contributed by atoms with Crippen molar-refractivity contribution in [2.45, 2.75) is 13.3 Å². The van der Waals surface area contributed by atoms with Crippen molar-refractivity contribution in [3.05, 3.63) is 0 Å². The molecule has 0 aliphatic heterocycles. The molecule has 1 aliphatic rings. The van der Waals surface area contributed by atoms with E-state index in [2.05, 4.69) is 4.74 Å². The third kappa shape index (κ3) is 4.59. The molecule has 92 valence electrons. The summed E-state index contributed by atoms with van der Waals surface area (Å²) in [5.41, 5.74) is 0. The Balaban J connectivity index is 1.97. The van der Waals surface area contributed by atoms with Crippen LogP contribution in [0.2, 0.25) is 0 Å². The van der Waals surface area contributed by atoms with Crippen LogP contribution in [0.4, 0.5) is 0 Å². The van der Waals surface area contributed by atoms with Gasteiger partial charge in [0.2, 0.25) is 0 Å². The topological polar surface area (TPSA) is 71.1 Å². The number of carbonyl (C=O) groups excluding carboxylic acids is 2. The van der Waals surface area contributed by atoms with Crippen LogP contribution in [0.1, 0.15) is 13.3 Å². The molecule has 0 aromatic carbocycles. The van der Waals surface area contributed by atoms with E-state index in [1.807, 2.05) is 0 Å². The van der Waals surface area contributed by atoms with Gasteiger partial charge in [-0.05, 0) is 12.3 Å². The monoisotopic (exact) mass is 232 g/mol. The largest absolute Gasteiger partial charge is 0.439 e. The van der Waals surface area contributed by atoms with Crippen molar-refractivity contribution in [1.29, 1.82) is 0 Å². The summed E-state index contributed by atoms with van der Waals surface area (Å²) in [6.07, 6.45) is 0.802. The molecule has 2 atom stereocenters. The van der Waals surface area contributed by atoms with Crippen LogP contribution >= 0.6 is 0 Å². The van der Waals surface area contributed by atoms with E-state index in [0.717, 1.165) is 6.42 Å². The van der Waals surface area contributed by atoms with Crippen molar-refractivity contribution < 1.29 is 28.5 Å². The average molecular weight is 232 g/mol. The lowest BCUT2D eigenvalue weighted by Gasteiger charge is -2.05. The Morgan fingerprint density at radius 1 is 1.25 bits per heavy atom. The number of ether oxygens (including phenoxy) is 4. The van der Waals surface area contributed by atoms with Gasteiger partial charge in [0, 0.05) is 20.6 Å². The van der Waals surface area contributed by atoms with E-state index in [-0.39, 0.29) is 31.4 Å². The number of hydrogen-bond acceptors (Lipinski definition) is 6. The van der Waals surface area contributed by atoms with Gasteiger partial charge in [0.05, 0.1) is 5.92 Å². The predicted molar refractivity (Wildman–Crippen MR) is 52.2 cm³/mol. The highest BCUT2D eigenvalue weighted by molar-refractivity contribution is 5.75. The van der Waals surface area contributed by atoms with E-state index in [1.54, 1.807) is 7.11 Å². The molecule has 0 aromatic rings. The van der Waals surface area contributed by atoms with Crippen LogP contribution in [0.3, 0.4) is 0 Å². The van der Waals surface area contributed by atoms with Gasteiger partial charge in [-0.2, -0.15) is 0 Å². The second-order valence-electron chi connectivity index (χ2n) is 3.60. The van der Waals surface area contributed by atoms with Gasteiger partial charge in [0.15, 0.2) is 13.6 Å². The number of esters is 2. The molecule has 0 spiro atoms. The molecule has 0 saturated heterocycles. The molecule has 0 unspecified atom stereocenters. The lowest BCUT2D eigenvalue weighted by Crippen LogP contribution is -2.14. The van der Waals surface area contributed by atoms with Crippen molar-refractivity contribution in [1.82, 2.24) is 0 Å². The van der Waals surface area contributed by atoms with Crippen LogP contribution in [0, 0.1) is 11.8 Å². The SMILES string of the molecule is COC[C@@H]1C[C@H]1C(=O)OCOCOC(C)=O. The molecule has 0 amide bonds. The first-order valence-electron chi connectivity index (χ1n) is 5.01. The minimum absolute atomic E-state index is 0.0720. The molecule has 0 bridgehead atoms. The maximum atomic E-state index is 11.3. The van der Waals surface area contributed by atoms with Crippen molar-refractivity contribution >= 4 is 11.9 Å². The second-order valence-corrected chi connectivity index (χ2v) is 3.60. The molecular formula is C10H16O6. The molecule has 0 N–H and O–H groups in total. The number of methoxy groups -OCH3 is 1. The number of hydrogen-bond donors (Lipinski definition) is 0. The van der Waals surface area contributed by atoms with Gasteiger partial charge in [-0.1, -0.05) is 0 Å². The lowest BCUT2D eigenvalue weighted by molar-refractivity contribution is -0.176. The van der Waals surface area contributed by atoms with Gasteiger partial charge >= 0.3 is 11.9 Å². The first-order valence-corrected chi connectivity index (χ1v) is 5.01. The van der Waals surface area contributed by atoms with E-state index in [4.69, 9.17) is 14.2 Å². The predicted octanol–water partition coefficient (Wildman–Crippen LogP) is 0.307. The minimum atomic E-state index is -0.436. The standard InChI is InChI=1S/C10H16O6/c1-7(11)15-5-14-6-16-10(12)9-3-8(9)4-13-2/h8-9H,3-6H2,1-2H3/t8-,9+/m0/s1. The van der Waals surface area contributed by atoms with Gasteiger partial charge in [0.1, 0.15) is 0 Å². The normalized spacial score (nSPS) is 22.6. The van der Waals surface area contributed by atoms with Crippen molar-refractivity contribution in [3.63, 3.8) is 0 Å². The zero-order valence-corrected chi connectivity index (χ0v) is 9.43. The highest BCUT2D eigenvalue weighted by Crippen LogP contribution is 2.39. The van der Waals surface area contributed by atoms with Crippen LogP contribution in [-0.4, -0.2) is 39.2 Å². The fourth-order valence-corrected chi connectivity index (χ4v) is 1.30. The molecule has 0 radical (unpaired) electrons. The van der Waals surface area contributed by atoms with Crippen molar-refractivity contribution in [2.75, 3.05) is 27.3 Å². The molecule has 0 aromatic heterocycles. The van der Waals surface area contributed by atoms with Crippen LogP contribution in [0.25, 0.3) is 0 Å². The van der Waals surface area contributed by atoms with E-state index in [1.165, 1.54) is 6.92 Å². The van der Waals surface area contributed by atoms with Crippen molar-refractivity contribution in [3.8, 4) is 0 Å². The zero-order chi connectivity index (χ0) is 12.0. The summed E-state index contributed by atoms with van der Waals surface area (Å²) >= 11 is 0. The van der Waals surface area contributed by atoms with Gasteiger partial charge in [-0.25, -0.2) is 0 Å². The smallest absolute Gasteiger partial charge is 0.311 e. The Morgan fingerprint density at radius 2 is 1.94 bits per heavy atom. The highest BCUT2D eigenvalue weighted by Gasteiger charge is 2.44. The summed E-state index contributed by atoms with van der Waals surface area (Å²) in [7, 11) is 1.60. The van der Waals surface area contributed by atoms with Gasteiger partial charge in [-0.15, -0.1) is 0 Å². The Labute approximate surface area is 93.8 Å². The second kappa shape index (κ2) is 6.44. The molecule has 6 nitrogen and oxygen atoms in total. The minimum Gasteiger partial charge on any atom is -0.439 e. The maximum Gasteiger partial charge on any atom is 0.311 e. The molecule has 0 heterocycles. The summed E-state index contributed by atoms with van der Waals surface area (Å²) in [6.45, 7) is 1.46. The van der Waals surface area contributed by atoms with E-state index in [0.29, 0.717) is 6.61 Å². The van der Waals surface area contributed by atoms with E-state index < -0.39 is 5.97 Å². The Hall–Kier alpha value is -1.14. The lowest BCUT2D eigenvalue weighted by atomic mass is 10.3. The Kier molecular flexibility index (Phi) is 5.21. The molecule has 1 aliphatic carbocycles. The fourth-order valence-electron chi connectivity index (χ4n) is 1.30.